The topological polar surface area (TPSA) is 15.3 Å². The summed E-state index contributed by atoms with van der Waals surface area (Å²) in [7, 11) is 0. The molecule has 0 saturated carbocycles. The number of benzene rings is 1. The van der Waals surface area contributed by atoms with Gasteiger partial charge < -0.3 is 10.2 Å². The first-order valence-electron chi connectivity index (χ1n) is 7.26. The number of hydrogen-bond donors (Lipinski definition) is 1. The van der Waals surface area contributed by atoms with Gasteiger partial charge in [-0.1, -0.05) is 24.3 Å². The molecule has 0 aromatic heterocycles. The second-order valence-corrected chi connectivity index (χ2v) is 5.52. The van der Waals surface area contributed by atoms with E-state index in [0.717, 1.165) is 0 Å². The van der Waals surface area contributed by atoms with Crippen LogP contribution < -0.4 is 5.32 Å². The molecule has 1 aromatic rings. The van der Waals surface area contributed by atoms with Gasteiger partial charge in [0.15, 0.2) is 0 Å². The molecule has 0 aliphatic carbocycles. The maximum atomic E-state index is 3.56. The van der Waals surface area contributed by atoms with Crippen molar-refractivity contribution in [1.82, 2.24) is 10.2 Å². The van der Waals surface area contributed by atoms with Gasteiger partial charge in [-0.25, -0.2) is 0 Å². The quantitative estimate of drug-likeness (QED) is 0.882. The maximum Gasteiger partial charge on any atom is 0.00509 e. The molecule has 0 bridgehead atoms. The van der Waals surface area contributed by atoms with Crippen molar-refractivity contribution < 1.29 is 0 Å². The fourth-order valence-corrected chi connectivity index (χ4v) is 2.63. The molecule has 1 aromatic carbocycles. The highest BCUT2D eigenvalue weighted by molar-refractivity contribution is 5.25. The number of hydrogen-bond acceptors (Lipinski definition) is 2. The summed E-state index contributed by atoms with van der Waals surface area (Å²) in [6.07, 6.45) is 3.74. The average molecular weight is 246 g/mol. The molecule has 1 unspecified atom stereocenters. The van der Waals surface area contributed by atoms with Crippen molar-refractivity contribution in [3.63, 3.8) is 0 Å². The summed E-state index contributed by atoms with van der Waals surface area (Å²) in [5.41, 5.74) is 2.94. The maximum absolute atomic E-state index is 3.56. The number of nitrogens with one attached hydrogen (secondary N) is 1. The van der Waals surface area contributed by atoms with Crippen molar-refractivity contribution in [3.05, 3.63) is 35.4 Å². The van der Waals surface area contributed by atoms with Crippen LogP contribution in [0.15, 0.2) is 24.3 Å². The van der Waals surface area contributed by atoms with E-state index in [1.165, 1.54) is 56.6 Å². The van der Waals surface area contributed by atoms with E-state index in [1.54, 1.807) is 0 Å². The van der Waals surface area contributed by atoms with Gasteiger partial charge in [0.05, 0.1) is 0 Å². The standard InChI is InChI=1S/C16H26N2/c1-14-6-3-4-7-16(14)9-13-18-11-5-10-17-15(2)8-12-18/h3-4,6-7,15,17H,5,8-13H2,1-2H3. The smallest absolute Gasteiger partial charge is 0.00509 e. The molecule has 2 nitrogen and oxygen atoms in total. The van der Waals surface area contributed by atoms with Crippen molar-refractivity contribution in [2.75, 3.05) is 26.2 Å². The van der Waals surface area contributed by atoms with Crippen molar-refractivity contribution in [1.29, 1.82) is 0 Å². The van der Waals surface area contributed by atoms with E-state index < -0.39 is 0 Å². The highest BCUT2D eigenvalue weighted by Gasteiger charge is 2.11. The minimum absolute atomic E-state index is 0.672. The number of aryl methyl sites for hydroxylation is 1. The van der Waals surface area contributed by atoms with Gasteiger partial charge in [0.2, 0.25) is 0 Å². The molecule has 2 heteroatoms. The molecule has 100 valence electrons. The van der Waals surface area contributed by atoms with Crippen LogP contribution in [0, 0.1) is 6.92 Å². The molecule has 2 rings (SSSR count). The summed E-state index contributed by atoms with van der Waals surface area (Å²) in [4.78, 5) is 2.63. The zero-order chi connectivity index (χ0) is 12.8. The van der Waals surface area contributed by atoms with Crippen LogP contribution in [-0.4, -0.2) is 37.1 Å². The Morgan fingerprint density at radius 1 is 1.28 bits per heavy atom. The Balaban J connectivity index is 1.83. The SMILES string of the molecule is Cc1ccccc1CCN1CCCNC(C)CC1. The molecule has 1 saturated heterocycles. The van der Waals surface area contributed by atoms with E-state index >= 15 is 0 Å². The second kappa shape index (κ2) is 6.91. The molecule has 0 amide bonds. The molecule has 1 aliphatic rings. The minimum atomic E-state index is 0.672. The largest absolute Gasteiger partial charge is 0.314 e. The van der Waals surface area contributed by atoms with Crippen LogP contribution in [0.25, 0.3) is 0 Å². The number of nitrogens with zero attached hydrogens (tertiary/aromatic N) is 1. The van der Waals surface area contributed by atoms with Gasteiger partial charge in [-0.15, -0.1) is 0 Å². The summed E-state index contributed by atoms with van der Waals surface area (Å²) in [6.45, 7) is 9.37. The third-order valence-corrected chi connectivity index (χ3v) is 3.98. The lowest BCUT2D eigenvalue weighted by Crippen LogP contribution is -2.39. The first-order valence-corrected chi connectivity index (χ1v) is 7.26. The predicted octanol–water partition coefficient (Wildman–Crippen LogP) is 2.61. The Morgan fingerprint density at radius 3 is 2.94 bits per heavy atom. The second-order valence-electron chi connectivity index (χ2n) is 5.52. The lowest BCUT2D eigenvalue weighted by Gasteiger charge is -2.27. The fraction of sp³-hybridized carbons (Fsp3) is 0.625. The van der Waals surface area contributed by atoms with Gasteiger partial charge in [0.25, 0.3) is 0 Å². The minimum Gasteiger partial charge on any atom is -0.314 e. The zero-order valence-electron chi connectivity index (χ0n) is 11.8. The Morgan fingerprint density at radius 2 is 2.11 bits per heavy atom. The van der Waals surface area contributed by atoms with E-state index in [0.29, 0.717) is 6.04 Å². The molecular formula is C16H26N2. The Hall–Kier alpha value is -0.860. The van der Waals surface area contributed by atoms with Crippen molar-refractivity contribution in [2.24, 2.45) is 0 Å². The van der Waals surface area contributed by atoms with Crippen LogP contribution in [0.5, 0.6) is 0 Å². The van der Waals surface area contributed by atoms with Crippen molar-refractivity contribution >= 4 is 0 Å². The van der Waals surface area contributed by atoms with Crippen molar-refractivity contribution in [3.8, 4) is 0 Å². The van der Waals surface area contributed by atoms with E-state index in [-0.39, 0.29) is 0 Å². The molecule has 0 spiro atoms. The molecule has 1 atom stereocenters. The van der Waals surface area contributed by atoms with E-state index in [2.05, 4.69) is 48.3 Å². The number of rotatable bonds is 3. The van der Waals surface area contributed by atoms with Crippen molar-refractivity contribution in [2.45, 2.75) is 39.2 Å². The van der Waals surface area contributed by atoms with Gasteiger partial charge in [-0.05, 0) is 63.9 Å². The third-order valence-electron chi connectivity index (χ3n) is 3.98. The van der Waals surface area contributed by atoms with Gasteiger partial charge in [0.1, 0.15) is 0 Å². The first kappa shape index (κ1) is 13.6. The molecule has 1 fully saturated rings. The summed E-state index contributed by atoms with van der Waals surface area (Å²) < 4.78 is 0. The lowest BCUT2D eigenvalue weighted by molar-refractivity contribution is 0.239. The van der Waals surface area contributed by atoms with Crippen LogP contribution in [0.4, 0.5) is 0 Å². The van der Waals surface area contributed by atoms with Gasteiger partial charge in [-0.2, -0.15) is 0 Å². The van der Waals surface area contributed by atoms with Crippen LogP contribution in [0.3, 0.4) is 0 Å². The van der Waals surface area contributed by atoms with Crippen LogP contribution in [-0.2, 0) is 6.42 Å². The van der Waals surface area contributed by atoms with Gasteiger partial charge >= 0.3 is 0 Å². The fourth-order valence-electron chi connectivity index (χ4n) is 2.63. The van der Waals surface area contributed by atoms with E-state index in [9.17, 15) is 0 Å². The zero-order valence-corrected chi connectivity index (χ0v) is 11.8. The summed E-state index contributed by atoms with van der Waals surface area (Å²) in [6, 6.07) is 9.44. The molecule has 1 heterocycles. The molecule has 18 heavy (non-hydrogen) atoms. The summed E-state index contributed by atoms with van der Waals surface area (Å²) in [5, 5.41) is 3.56. The normalized spacial score (nSPS) is 22.4. The van der Waals surface area contributed by atoms with Crippen LogP contribution in [0.1, 0.15) is 30.9 Å². The summed E-state index contributed by atoms with van der Waals surface area (Å²) in [5.74, 6) is 0. The molecule has 0 radical (unpaired) electrons. The lowest BCUT2D eigenvalue weighted by atomic mass is 10.1. The van der Waals surface area contributed by atoms with Gasteiger partial charge in [0, 0.05) is 12.6 Å². The third kappa shape index (κ3) is 4.11. The highest BCUT2D eigenvalue weighted by Crippen LogP contribution is 2.10. The van der Waals surface area contributed by atoms with E-state index in [4.69, 9.17) is 0 Å². The Labute approximate surface area is 111 Å². The first-order chi connectivity index (χ1) is 8.75. The predicted molar refractivity (Wildman–Crippen MR) is 78.0 cm³/mol. The average Bonchev–Trinajstić information content (AvgIpc) is 2.35. The Bertz CT molecular complexity index is 362. The molecule has 1 aliphatic heterocycles. The van der Waals surface area contributed by atoms with E-state index in [1.807, 2.05) is 0 Å². The monoisotopic (exact) mass is 246 g/mol. The molecular weight excluding hydrogens is 220 g/mol. The van der Waals surface area contributed by atoms with Crippen LogP contribution >= 0.6 is 0 Å². The summed E-state index contributed by atoms with van der Waals surface area (Å²) >= 11 is 0. The highest BCUT2D eigenvalue weighted by atomic mass is 15.1. The van der Waals surface area contributed by atoms with Crippen LogP contribution in [0.2, 0.25) is 0 Å². The Kier molecular flexibility index (Phi) is 5.21. The molecule has 1 N–H and O–H groups in total. The van der Waals surface area contributed by atoms with Gasteiger partial charge in [-0.3, -0.25) is 0 Å².